The summed E-state index contributed by atoms with van der Waals surface area (Å²) in [6, 6.07) is 5.68. The predicted molar refractivity (Wildman–Crippen MR) is 65.8 cm³/mol. The molecule has 4 nitrogen and oxygen atoms in total. The molecule has 1 heterocycles. The van der Waals surface area contributed by atoms with Gasteiger partial charge in [0.15, 0.2) is 13.1 Å². The van der Waals surface area contributed by atoms with Crippen molar-refractivity contribution < 1.29 is 14.3 Å². The zero-order valence-corrected chi connectivity index (χ0v) is 10.0. The molecule has 0 atom stereocenters. The highest BCUT2D eigenvalue weighted by molar-refractivity contribution is 5.80. The van der Waals surface area contributed by atoms with Crippen molar-refractivity contribution in [2.24, 2.45) is 0 Å². The van der Waals surface area contributed by atoms with Crippen LogP contribution in [0.25, 0.3) is 0 Å². The summed E-state index contributed by atoms with van der Waals surface area (Å²) in [5.41, 5.74) is 1.67. The molecule has 17 heavy (non-hydrogen) atoms. The molecule has 0 spiro atoms. The first-order chi connectivity index (χ1) is 8.35. The minimum atomic E-state index is 0.157. The molecule has 0 saturated carbocycles. The molecule has 2 rings (SSSR count). The number of methoxy groups -OCH3 is 1. The van der Waals surface area contributed by atoms with Gasteiger partial charge in [-0.2, -0.15) is 0 Å². The maximum absolute atomic E-state index is 10.9. The zero-order valence-electron chi connectivity index (χ0n) is 10.0. The van der Waals surface area contributed by atoms with E-state index in [9.17, 15) is 4.79 Å². The number of ether oxygens (including phenoxy) is 2. The Morgan fingerprint density at radius 2 is 2.12 bits per heavy atom. The number of anilines is 1. The number of carbonyl (C=O) groups is 1. The molecule has 92 valence electrons. The van der Waals surface area contributed by atoms with E-state index in [1.807, 2.05) is 12.1 Å². The number of rotatable bonds is 5. The molecular formula is C13H17NO3. The summed E-state index contributed by atoms with van der Waals surface area (Å²) in [7, 11) is 1.56. The molecule has 1 aromatic carbocycles. The smallest absolute Gasteiger partial charge is 0.188 e. The molecule has 0 N–H and O–H groups in total. The normalized spacial score (nSPS) is 15.0. The molecule has 0 amide bonds. The Bertz CT molecular complexity index is 386. The topological polar surface area (TPSA) is 38.8 Å². The lowest BCUT2D eigenvalue weighted by molar-refractivity contribution is 0.0506. The van der Waals surface area contributed by atoms with Gasteiger partial charge in [-0.3, -0.25) is 4.79 Å². The highest BCUT2D eigenvalue weighted by atomic mass is 16.7. The number of hydrogen-bond acceptors (Lipinski definition) is 4. The molecular weight excluding hydrogens is 218 g/mol. The minimum Gasteiger partial charge on any atom is -0.467 e. The van der Waals surface area contributed by atoms with Crippen molar-refractivity contribution in [3.8, 4) is 5.75 Å². The van der Waals surface area contributed by atoms with Crippen molar-refractivity contribution in [1.82, 2.24) is 0 Å². The fourth-order valence-electron chi connectivity index (χ4n) is 2.04. The summed E-state index contributed by atoms with van der Waals surface area (Å²) in [5, 5.41) is 0. The van der Waals surface area contributed by atoms with Crippen molar-refractivity contribution in [2.75, 3.05) is 31.9 Å². The highest BCUT2D eigenvalue weighted by Gasteiger charge is 2.14. The van der Waals surface area contributed by atoms with E-state index in [-0.39, 0.29) is 6.79 Å². The standard InChI is InChI=1S/C13H17NO3/c1-16-10-17-13-8-12(5-4-11(13)9-15)14-6-2-3-7-14/h4-5,8-9H,2-3,6-7,10H2,1H3. The Morgan fingerprint density at radius 3 is 2.76 bits per heavy atom. The quantitative estimate of drug-likeness (QED) is 0.578. The van der Waals surface area contributed by atoms with E-state index in [0.717, 1.165) is 25.1 Å². The summed E-state index contributed by atoms with van der Waals surface area (Å²) >= 11 is 0. The lowest BCUT2D eigenvalue weighted by Gasteiger charge is -2.19. The van der Waals surface area contributed by atoms with Crippen LogP contribution in [0.1, 0.15) is 23.2 Å². The number of benzene rings is 1. The molecule has 0 radical (unpaired) electrons. The average molecular weight is 235 g/mol. The molecule has 0 aliphatic carbocycles. The van der Waals surface area contributed by atoms with Crippen LogP contribution in [-0.2, 0) is 4.74 Å². The molecule has 0 unspecified atom stereocenters. The van der Waals surface area contributed by atoms with E-state index in [0.29, 0.717) is 11.3 Å². The van der Waals surface area contributed by atoms with Crippen molar-refractivity contribution >= 4 is 12.0 Å². The first kappa shape index (κ1) is 11.9. The van der Waals surface area contributed by atoms with Crippen LogP contribution < -0.4 is 9.64 Å². The molecule has 1 aliphatic heterocycles. The zero-order chi connectivity index (χ0) is 12.1. The second kappa shape index (κ2) is 5.68. The highest BCUT2D eigenvalue weighted by Crippen LogP contribution is 2.27. The van der Waals surface area contributed by atoms with Gasteiger partial charge in [-0.05, 0) is 25.0 Å². The first-order valence-electron chi connectivity index (χ1n) is 5.81. The van der Waals surface area contributed by atoms with Crippen molar-refractivity contribution in [1.29, 1.82) is 0 Å². The Hall–Kier alpha value is -1.55. The second-order valence-electron chi connectivity index (χ2n) is 4.08. The Labute approximate surface area is 101 Å². The number of hydrogen-bond donors (Lipinski definition) is 0. The third kappa shape index (κ3) is 2.77. The van der Waals surface area contributed by atoms with E-state index < -0.39 is 0 Å². The van der Waals surface area contributed by atoms with Gasteiger partial charge < -0.3 is 14.4 Å². The predicted octanol–water partition coefficient (Wildman–Crippen LogP) is 2.08. The molecule has 4 heteroatoms. The maximum Gasteiger partial charge on any atom is 0.188 e. The first-order valence-corrected chi connectivity index (χ1v) is 5.81. The van der Waals surface area contributed by atoms with E-state index >= 15 is 0 Å². The van der Waals surface area contributed by atoms with Crippen molar-refractivity contribution in [2.45, 2.75) is 12.8 Å². The SMILES string of the molecule is COCOc1cc(N2CCCC2)ccc1C=O. The summed E-state index contributed by atoms with van der Waals surface area (Å²) in [5.74, 6) is 0.589. The van der Waals surface area contributed by atoms with Gasteiger partial charge in [0.2, 0.25) is 0 Å². The van der Waals surface area contributed by atoms with Crippen LogP contribution in [0.2, 0.25) is 0 Å². The van der Waals surface area contributed by atoms with Crippen LogP contribution in [0.5, 0.6) is 5.75 Å². The van der Waals surface area contributed by atoms with Gasteiger partial charge in [0.05, 0.1) is 5.56 Å². The summed E-state index contributed by atoms with van der Waals surface area (Å²) < 4.78 is 10.3. The molecule has 1 fully saturated rings. The number of nitrogens with zero attached hydrogens (tertiary/aromatic N) is 1. The van der Waals surface area contributed by atoms with Gasteiger partial charge in [-0.25, -0.2) is 0 Å². The third-order valence-corrected chi connectivity index (χ3v) is 2.93. The van der Waals surface area contributed by atoms with E-state index in [4.69, 9.17) is 9.47 Å². The monoisotopic (exact) mass is 235 g/mol. The molecule has 0 bridgehead atoms. The fourth-order valence-corrected chi connectivity index (χ4v) is 2.04. The molecule has 1 saturated heterocycles. The Morgan fingerprint density at radius 1 is 1.35 bits per heavy atom. The summed E-state index contributed by atoms with van der Waals surface area (Å²) in [4.78, 5) is 13.2. The van der Waals surface area contributed by atoms with E-state index in [1.165, 1.54) is 12.8 Å². The van der Waals surface area contributed by atoms with Crippen LogP contribution in [0, 0.1) is 0 Å². The van der Waals surface area contributed by atoms with Gasteiger partial charge >= 0.3 is 0 Å². The van der Waals surface area contributed by atoms with Crippen LogP contribution >= 0.6 is 0 Å². The van der Waals surface area contributed by atoms with Crippen LogP contribution in [0.4, 0.5) is 5.69 Å². The third-order valence-electron chi connectivity index (χ3n) is 2.93. The molecule has 1 aliphatic rings. The summed E-state index contributed by atoms with van der Waals surface area (Å²) in [6.45, 7) is 2.30. The van der Waals surface area contributed by atoms with E-state index in [1.54, 1.807) is 13.2 Å². The van der Waals surface area contributed by atoms with E-state index in [2.05, 4.69) is 4.90 Å². The van der Waals surface area contributed by atoms with Crippen LogP contribution in [0.15, 0.2) is 18.2 Å². The van der Waals surface area contributed by atoms with Crippen LogP contribution in [0.3, 0.4) is 0 Å². The largest absolute Gasteiger partial charge is 0.467 e. The molecule has 0 aromatic heterocycles. The molecule has 1 aromatic rings. The van der Waals surface area contributed by atoms with Crippen molar-refractivity contribution in [3.63, 3.8) is 0 Å². The second-order valence-corrected chi connectivity index (χ2v) is 4.08. The van der Waals surface area contributed by atoms with Gasteiger partial charge in [0, 0.05) is 32.0 Å². The number of carbonyl (C=O) groups excluding carboxylic acids is 1. The lowest BCUT2D eigenvalue weighted by Crippen LogP contribution is -2.17. The number of aldehydes is 1. The Kier molecular flexibility index (Phi) is 3.98. The van der Waals surface area contributed by atoms with Crippen LogP contribution in [-0.4, -0.2) is 33.3 Å². The maximum atomic E-state index is 10.9. The Balaban J connectivity index is 2.20. The van der Waals surface area contributed by atoms with Gasteiger partial charge in [0.1, 0.15) is 5.75 Å². The van der Waals surface area contributed by atoms with Gasteiger partial charge in [0.25, 0.3) is 0 Å². The van der Waals surface area contributed by atoms with Crippen molar-refractivity contribution in [3.05, 3.63) is 23.8 Å². The average Bonchev–Trinajstić information content (AvgIpc) is 2.89. The minimum absolute atomic E-state index is 0.157. The fraction of sp³-hybridized carbons (Fsp3) is 0.462. The summed E-state index contributed by atoms with van der Waals surface area (Å²) in [6.07, 6.45) is 3.26. The van der Waals surface area contributed by atoms with Gasteiger partial charge in [-0.1, -0.05) is 0 Å². The lowest BCUT2D eigenvalue weighted by atomic mass is 10.2. The van der Waals surface area contributed by atoms with Gasteiger partial charge in [-0.15, -0.1) is 0 Å².